The van der Waals surface area contributed by atoms with E-state index in [2.05, 4.69) is 18.2 Å². The lowest BCUT2D eigenvalue weighted by Crippen LogP contribution is -2.23. The summed E-state index contributed by atoms with van der Waals surface area (Å²) >= 11 is 0. The quantitative estimate of drug-likeness (QED) is 0.612. The molecule has 0 N–H and O–H groups in total. The predicted molar refractivity (Wildman–Crippen MR) is 59.8 cm³/mol. The van der Waals surface area contributed by atoms with E-state index in [1.54, 1.807) is 11.5 Å². The van der Waals surface area contributed by atoms with Crippen LogP contribution in [-0.4, -0.2) is 0 Å². The van der Waals surface area contributed by atoms with Gasteiger partial charge in [0.2, 0.25) is 0 Å². The topological polar surface area (TPSA) is 0 Å². The molecular formula is C14H19. The van der Waals surface area contributed by atoms with E-state index in [9.17, 15) is 0 Å². The molecule has 0 saturated heterocycles. The molecule has 1 radical (unpaired) electrons. The molecule has 0 aromatic heterocycles. The molecule has 0 aromatic carbocycles. The Hall–Kier alpha value is -0.520. The van der Waals surface area contributed by atoms with Crippen LogP contribution >= 0.6 is 0 Å². The Morgan fingerprint density at radius 2 is 1.64 bits per heavy atom. The maximum atomic E-state index is 2.38. The SMILES string of the molecule is C1=C[C](C2CCC2)CC(C2CCC2)=C1. The van der Waals surface area contributed by atoms with E-state index >= 15 is 0 Å². The van der Waals surface area contributed by atoms with Crippen LogP contribution in [0.2, 0.25) is 0 Å². The largest absolute Gasteiger partial charge is 0.0768 e. The summed E-state index contributed by atoms with van der Waals surface area (Å²) in [4.78, 5) is 0. The second kappa shape index (κ2) is 3.56. The lowest BCUT2D eigenvalue weighted by Gasteiger charge is -2.37. The molecule has 3 rings (SSSR count). The van der Waals surface area contributed by atoms with Crippen molar-refractivity contribution in [3.05, 3.63) is 29.7 Å². The second-order valence-electron chi connectivity index (χ2n) is 5.11. The van der Waals surface area contributed by atoms with Crippen LogP contribution in [-0.2, 0) is 0 Å². The molecule has 0 heteroatoms. The van der Waals surface area contributed by atoms with Crippen LogP contribution in [0.5, 0.6) is 0 Å². The van der Waals surface area contributed by atoms with Gasteiger partial charge in [0.05, 0.1) is 0 Å². The average molecular weight is 187 g/mol. The maximum absolute atomic E-state index is 2.38. The molecular weight excluding hydrogens is 168 g/mol. The third-order valence-corrected chi connectivity index (χ3v) is 4.29. The highest BCUT2D eigenvalue weighted by Gasteiger charge is 2.30. The molecule has 2 saturated carbocycles. The predicted octanol–water partition coefficient (Wildman–Crippen LogP) is 4.05. The first kappa shape index (κ1) is 8.76. The van der Waals surface area contributed by atoms with E-state index in [1.807, 2.05) is 0 Å². The van der Waals surface area contributed by atoms with Gasteiger partial charge in [0.15, 0.2) is 0 Å². The van der Waals surface area contributed by atoms with Crippen molar-refractivity contribution in [1.82, 2.24) is 0 Å². The zero-order valence-corrected chi connectivity index (χ0v) is 8.84. The highest BCUT2D eigenvalue weighted by molar-refractivity contribution is 5.33. The lowest BCUT2D eigenvalue weighted by molar-refractivity contribution is 0.317. The van der Waals surface area contributed by atoms with E-state index in [0.29, 0.717) is 0 Å². The minimum Gasteiger partial charge on any atom is -0.0768 e. The molecule has 0 amide bonds. The van der Waals surface area contributed by atoms with Crippen LogP contribution in [0.15, 0.2) is 23.8 Å². The van der Waals surface area contributed by atoms with Crippen molar-refractivity contribution in [1.29, 1.82) is 0 Å². The second-order valence-corrected chi connectivity index (χ2v) is 5.11. The smallest absolute Gasteiger partial charge is 0.00471 e. The summed E-state index contributed by atoms with van der Waals surface area (Å²) in [5, 5.41) is 0. The van der Waals surface area contributed by atoms with Crippen LogP contribution in [0.3, 0.4) is 0 Å². The van der Waals surface area contributed by atoms with Gasteiger partial charge in [-0.25, -0.2) is 0 Å². The molecule has 0 nitrogen and oxygen atoms in total. The Kier molecular flexibility index (Phi) is 2.23. The Morgan fingerprint density at radius 3 is 2.21 bits per heavy atom. The van der Waals surface area contributed by atoms with Gasteiger partial charge in [0.25, 0.3) is 0 Å². The summed E-state index contributed by atoms with van der Waals surface area (Å²) in [5.41, 5.74) is 1.74. The summed E-state index contributed by atoms with van der Waals surface area (Å²) in [6, 6.07) is 0. The maximum Gasteiger partial charge on any atom is 0.00471 e. The third kappa shape index (κ3) is 1.45. The van der Waals surface area contributed by atoms with Gasteiger partial charge < -0.3 is 0 Å². The van der Waals surface area contributed by atoms with Gasteiger partial charge in [0, 0.05) is 5.92 Å². The Morgan fingerprint density at radius 1 is 0.929 bits per heavy atom. The van der Waals surface area contributed by atoms with Gasteiger partial charge in [-0.05, 0) is 43.9 Å². The molecule has 75 valence electrons. The molecule has 0 aliphatic heterocycles. The Labute approximate surface area is 87.1 Å². The first-order chi connectivity index (χ1) is 6.93. The highest BCUT2D eigenvalue weighted by atomic mass is 14.4. The van der Waals surface area contributed by atoms with Crippen LogP contribution in [0.1, 0.15) is 44.9 Å². The Balaban J connectivity index is 1.64. The molecule has 3 aliphatic carbocycles. The molecule has 14 heavy (non-hydrogen) atoms. The zero-order chi connectivity index (χ0) is 9.38. The van der Waals surface area contributed by atoms with E-state index in [4.69, 9.17) is 0 Å². The fraction of sp³-hybridized carbons (Fsp3) is 0.643. The monoisotopic (exact) mass is 187 g/mol. The zero-order valence-electron chi connectivity index (χ0n) is 8.84. The third-order valence-electron chi connectivity index (χ3n) is 4.29. The first-order valence-corrected chi connectivity index (χ1v) is 6.16. The first-order valence-electron chi connectivity index (χ1n) is 6.16. The minimum atomic E-state index is 0.954. The molecule has 0 atom stereocenters. The molecule has 0 bridgehead atoms. The van der Waals surface area contributed by atoms with Gasteiger partial charge in [-0.15, -0.1) is 0 Å². The van der Waals surface area contributed by atoms with Crippen molar-refractivity contribution >= 4 is 0 Å². The van der Waals surface area contributed by atoms with Gasteiger partial charge in [0.1, 0.15) is 0 Å². The van der Waals surface area contributed by atoms with E-state index in [-0.39, 0.29) is 0 Å². The number of allylic oxidation sites excluding steroid dienone is 4. The van der Waals surface area contributed by atoms with Crippen molar-refractivity contribution in [3.63, 3.8) is 0 Å². The fourth-order valence-corrected chi connectivity index (χ4v) is 2.77. The number of rotatable bonds is 2. The molecule has 0 aromatic rings. The van der Waals surface area contributed by atoms with E-state index in [0.717, 1.165) is 11.8 Å². The summed E-state index contributed by atoms with van der Waals surface area (Å²) in [6.45, 7) is 0. The summed E-state index contributed by atoms with van der Waals surface area (Å²) < 4.78 is 0. The van der Waals surface area contributed by atoms with Crippen LogP contribution in [0.25, 0.3) is 0 Å². The molecule has 3 aliphatic rings. The molecule has 2 fully saturated rings. The van der Waals surface area contributed by atoms with Crippen molar-refractivity contribution < 1.29 is 0 Å². The molecule has 0 spiro atoms. The van der Waals surface area contributed by atoms with Gasteiger partial charge in [-0.1, -0.05) is 36.6 Å². The van der Waals surface area contributed by atoms with Crippen molar-refractivity contribution in [3.8, 4) is 0 Å². The normalized spacial score (nSPS) is 29.6. The van der Waals surface area contributed by atoms with Gasteiger partial charge >= 0.3 is 0 Å². The number of hydrogen-bond donors (Lipinski definition) is 0. The summed E-state index contributed by atoms with van der Waals surface area (Å²) in [6.07, 6.45) is 17.1. The highest BCUT2D eigenvalue weighted by Crippen LogP contribution is 2.44. The Bertz CT molecular complexity index is 264. The van der Waals surface area contributed by atoms with E-state index < -0.39 is 0 Å². The van der Waals surface area contributed by atoms with Crippen molar-refractivity contribution in [2.24, 2.45) is 11.8 Å². The van der Waals surface area contributed by atoms with Gasteiger partial charge in [-0.2, -0.15) is 0 Å². The standard InChI is InChI=1S/C14H19/c1-4-11(5-1)13-8-3-9-14(10-13)12-6-2-7-12/h3,8-9,11-12H,1-2,4-7,10H2. The minimum absolute atomic E-state index is 0.954. The number of hydrogen-bond acceptors (Lipinski definition) is 0. The lowest BCUT2D eigenvalue weighted by atomic mass is 9.68. The van der Waals surface area contributed by atoms with Crippen LogP contribution in [0.4, 0.5) is 0 Å². The average Bonchev–Trinajstić information content (AvgIpc) is 1.98. The van der Waals surface area contributed by atoms with Crippen molar-refractivity contribution in [2.45, 2.75) is 44.9 Å². The summed E-state index contributed by atoms with van der Waals surface area (Å²) in [7, 11) is 0. The van der Waals surface area contributed by atoms with Crippen molar-refractivity contribution in [2.75, 3.05) is 0 Å². The van der Waals surface area contributed by atoms with Gasteiger partial charge in [-0.3, -0.25) is 0 Å². The molecule has 0 heterocycles. The van der Waals surface area contributed by atoms with Crippen LogP contribution in [0, 0.1) is 17.8 Å². The van der Waals surface area contributed by atoms with Crippen LogP contribution < -0.4 is 0 Å². The molecule has 0 unspecified atom stereocenters. The summed E-state index contributed by atoms with van der Waals surface area (Å²) in [5.74, 6) is 3.64. The fourth-order valence-electron chi connectivity index (χ4n) is 2.77. The van der Waals surface area contributed by atoms with E-state index in [1.165, 1.54) is 44.9 Å².